The number of rotatable bonds is 9. The van der Waals surface area contributed by atoms with Gasteiger partial charge in [-0.05, 0) is 33.1 Å². The van der Waals surface area contributed by atoms with Crippen LogP contribution in [0.1, 0.15) is 24.0 Å². The molecule has 0 fully saturated rings. The largest absolute Gasteiger partial charge is 0.469 e. The van der Waals surface area contributed by atoms with E-state index in [1.165, 1.54) is 7.11 Å². The minimum absolute atomic E-state index is 0.0619. The third-order valence-electron chi connectivity index (χ3n) is 5.32. The van der Waals surface area contributed by atoms with Gasteiger partial charge in [0.1, 0.15) is 5.82 Å². The highest BCUT2D eigenvalue weighted by molar-refractivity contribution is 9.10. The molecule has 35 heavy (non-hydrogen) atoms. The second-order valence-corrected chi connectivity index (χ2v) is 9.02. The molecule has 4 rings (SSSR count). The number of hydrogen-bond donors (Lipinski definition) is 2. The van der Waals surface area contributed by atoms with E-state index >= 15 is 0 Å². The minimum Gasteiger partial charge on any atom is -0.469 e. The van der Waals surface area contributed by atoms with E-state index in [1.807, 2.05) is 54.6 Å². The highest BCUT2D eigenvalue weighted by Gasteiger charge is 2.13. The average molecular weight is 557 g/mol. The zero-order valence-corrected chi connectivity index (χ0v) is 21.3. The van der Waals surface area contributed by atoms with Gasteiger partial charge >= 0.3 is 5.97 Å². The van der Waals surface area contributed by atoms with Crippen molar-refractivity contribution in [2.24, 2.45) is 0 Å². The fraction of sp³-hybridized carbons (Fsp3) is 0.200. The van der Waals surface area contributed by atoms with Gasteiger partial charge in [-0.1, -0.05) is 54.1 Å². The van der Waals surface area contributed by atoms with Crippen LogP contribution in [0.4, 0.5) is 5.82 Å². The molecule has 0 unspecified atom stereocenters. The normalized spacial score (nSPS) is 10.8. The third kappa shape index (κ3) is 6.17. The molecule has 0 spiro atoms. The number of amides is 1. The van der Waals surface area contributed by atoms with Gasteiger partial charge in [0.05, 0.1) is 29.9 Å². The quantitative estimate of drug-likeness (QED) is 0.282. The molecule has 2 N–H and O–H groups in total. The minimum atomic E-state index is -0.402. The molecule has 0 radical (unpaired) electrons. The molecule has 2 aromatic carbocycles. The summed E-state index contributed by atoms with van der Waals surface area (Å²) >= 11 is 9.93. The van der Waals surface area contributed by atoms with Gasteiger partial charge < -0.3 is 15.4 Å². The van der Waals surface area contributed by atoms with E-state index in [0.29, 0.717) is 23.8 Å². The van der Waals surface area contributed by atoms with Gasteiger partial charge in [-0.2, -0.15) is 9.61 Å². The number of nitrogens with one attached hydrogen (secondary N) is 2. The first-order chi connectivity index (χ1) is 16.9. The standard InChI is InChI=1S/C25H23BrClN5O3/c1-35-24(34)10-9-23(33)29-14-17-6-4-5-16(11-17)13-28-22-12-21(18-7-2-3-8-20(18)27)31-25-19(26)15-30-32(22)25/h2-8,11-12,15,28H,9-10,13-14H2,1H3,(H,29,33). The molecule has 0 saturated carbocycles. The van der Waals surface area contributed by atoms with E-state index < -0.39 is 5.97 Å². The number of fused-ring (bicyclic) bond motifs is 1. The highest BCUT2D eigenvalue weighted by Crippen LogP contribution is 2.30. The molecule has 8 nitrogen and oxygen atoms in total. The third-order valence-corrected chi connectivity index (χ3v) is 6.21. The number of methoxy groups -OCH3 is 1. The molecule has 0 aliphatic heterocycles. The predicted octanol–water partition coefficient (Wildman–Crippen LogP) is 4.99. The lowest BCUT2D eigenvalue weighted by Gasteiger charge is -2.12. The van der Waals surface area contributed by atoms with Crippen molar-refractivity contribution in [1.82, 2.24) is 19.9 Å². The lowest BCUT2D eigenvalue weighted by molar-refractivity contribution is -0.142. The van der Waals surface area contributed by atoms with Crippen molar-refractivity contribution in [1.29, 1.82) is 0 Å². The molecule has 2 aromatic heterocycles. The van der Waals surface area contributed by atoms with Gasteiger partial charge in [-0.3, -0.25) is 9.59 Å². The maximum absolute atomic E-state index is 12.0. The van der Waals surface area contributed by atoms with Crippen LogP contribution in [0.2, 0.25) is 5.02 Å². The fourth-order valence-electron chi connectivity index (χ4n) is 3.52. The first kappa shape index (κ1) is 24.7. The topological polar surface area (TPSA) is 97.6 Å². The Kier molecular flexibility index (Phi) is 7.99. The van der Waals surface area contributed by atoms with Crippen molar-refractivity contribution < 1.29 is 14.3 Å². The molecule has 10 heteroatoms. The molecule has 2 heterocycles. The van der Waals surface area contributed by atoms with Crippen LogP contribution in [0.15, 0.2) is 65.3 Å². The Morgan fingerprint density at radius 3 is 2.60 bits per heavy atom. The zero-order chi connectivity index (χ0) is 24.8. The Morgan fingerprint density at radius 2 is 1.83 bits per heavy atom. The second-order valence-electron chi connectivity index (χ2n) is 7.76. The molecule has 1 amide bonds. The smallest absolute Gasteiger partial charge is 0.306 e. The number of halogens is 2. The van der Waals surface area contributed by atoms with Gasteiger partial charge in [0.15, 0.2) is 5.65 Å². The van der Waals surface area contributed by atoms with Crippen molar-refractivity contribution in [3.8, 4) is 11.3 Å². The van der Waals surface area contributed by atoms with E-state index in [0.717, 1.165) is 32.7 Å². The van der Waals surface area contributed by atoms with E-state index in [4.69, 9.17) is 16.6 Å². The molecule has 0 saturated heterocycles. The van der Waals surface area contributed by atoms with E-state index in [1.54, 1.807) is 10.7 Å². The number of benzene rings is 2. The number of carbonyl (C=O) groups is 2. The molecule has 0 bridgehead atoms. The van der Waals surface area contributed by atoms with Gasteiger partial charge in [-0.25, -0.2) is 4.98 Å². The monoisotopic (exact) mass is 555 g/mol. The summed E-state index contributed by atoms with van der Waals surface area (Å²) < 4.78 is 7.07. The number of nitrogens with zero attached hydrogens (tertiary/aromatic N) is 3. The van der Waals surface area contributed by atoms with E-state index in [-0.39, 0.29) is 18.7 Å². The van der Waals surface area contributed by atoms with Gasteiger partial charge in [0, 0.05) is 36.2 Å². The van der Waals surface area contributed by atoms with Gasteiger partial charge in [0.25, 0.3) is 0 Å². The molecule has 0 atom stereocenters. The summed E-state index contributed by atoms with van der Waals surface area (Å²) in [5, 5.41) is 11.3. The van der Waals surface area contributed by atoms with Gasteiger partial charge in [-0.15, -0.1) is 0 Å². The van der Waals surface area contributed by atoms with Crippen molar-refractivity contribution in [3.63, 3.8) is 0 Å². The second kappa shape index (κ2) is 11.3. The molecule has 0 aliphatic carbocycles. The molecular weight excluding hydrogens is 534 g/mol. The van der Waals surface area contributed by atoms with Crippen molar-refractivity contribution in [3.05, 3.63) is 81.4 Å². The Labute approximate surface area is 215 Å². The van der Waals surface area contributed by atoms with Crippen molar-refractivity contribution in [2.45, 2.75) is 25.9 Å². The number of ether oxygens (including phenoxy) is 1. The van der Waals surface area contributed by atoms with E-state index in [2.05, 4.69) is 36.4 Å². The summed E-state index contributed by atoms with van der Waals surface area (Å²) in [5.41, 5.74) is 4.22. The number of hydrogen-bond acceptors (Lipinski definition) is 6. The predicted molar refractivity (Wildman–Crippen MR) is 138 cm³/mol. The lowest BCUT2D eigenvalue weighted by Crippen LogP contribution is -2.23. The number of esters is 1. The summed E-state index contributed by atoms with van der Waals surface area (Å²) in [6.07, 6.45) is 1.86. The summed E-state index contributed by atoms with van der Waals surface area (Å²) in [6.45, 7) is 0.902. The van der Waals surface area contributed by atoms with Crippen molar-refractivity contribution >= 4 is 50.9 Å². The van der Waals surface area contributed by atoms with Crippen LogP contribution in [-0.4, -0.2) is 33.6 Å². The van der Waals surface area contributed by atoms with Crippen LogP contribution >= 0.6 is 27.5 Å². The maximum atomic E-state index is 12.0. The van der Waals surface area contributed by atoms with Crippen LogP contribution in [0.5, 0.6) is 0 Å². The average Bonchev–Trinajstić information content (AvgIpc) is 3.25. The first-order valence-electron chi connectivity index (χ1n) is 10.9. The summed E-state index contributed by atoms with van der Waals surface area (Å²) in [6, 6.07) is 17.4. The number of aromatic nitrogens is 3. The molecule has 4 aromatic rings. The fourth-order valence-corrected chi connectivity index (χ4v) is 4.10. The van der Waals surface area contributed by atoms with Crippen molar-refractivity contribution in [2.75, 3.05) is 12.4 Å². The number of anilines is 1. The van der Waals surface area contributed by atoms with Crippen LogP contribution in [0, 0.1) is 0 Å². The lowest BCUT2D eigenvalue weighted by atomic mass is 10.1. The summed E-state index contributed by atoms with van der Waals surface area (Å²) in [4.78, 5) is 27.9. The number of carbonyl (C=O) groups excluding carboxylic acids is 2. The first-order valence-corrected chi connectivity index (χ1v) is 12.1. The van der Waals surface area contributed by atoms with Crippen LogP contribution in [0.25, 0.3) is 16.9 Å². The maximum Gasteiger partial charge on any atom is 0.306 e. The summed E-state index contributed by atoms with van der Waals surface area (Å²) in [7, 11) is 1.31. The molecule has 0 aliphatic rings. The zero-order valence-electron chi connectivity index (χ0n) is 18.9. The SMILES string of the molecule is COC(=O)CCC(=O)NCc1cccc(CNc2cc(-c3ccccc3Cl)nc3c(Br)cnn23)c1. The Balaban J connectivity index is 1.47. The van der Waals surface area contributed by atoms with E-state index in [9.17, 15) is 9.59 Å². The highest BCUT2D eigenvalue weighted by atomic mass is 79.9. The van der Waals surface area contributed by atoms with Crippen LogP contribution < -0.4 is 10.6 Å². The van der Waals surface area contributed by atoms with Crippen LogP contribution in [-0.2, 0) is 27.4 Å². The van der Waals surface area contributed by atoms with Gasteiger partial charge in [0.2, 0.25) is 5.91 Å². The molecule has 180 valence electrons. The Bertz CT molecular complexity index is 1370. The Morgan fingerprint density at radius 1 is 1.06 bits per heavy atom. The summed E-state index contributed by atoms with van der Waals surface area (Å²) in [5.74, 6) is 0.159. The molecular formula is C25H23BrClN5O3. The Hall–Kier alpha value is -3.43. The van der Waals surface area contributed by atoms with Crippen LogP contribution in [0.3, 0.4) is 0 Å².